The zero-order valence-electron chi connectivity index (χ0n) is 12.0. The summed E-state index contributed by atoms with van der Waals surface area (Å²) < 4.78 is 0. The summed E-state index contributed by atoms with van der Waals surface area (Å²) in [4.78, 5) is 26.7. The van der Waals surface area contributed by atoms with Crippen LogP contribution in [0, 0.1) is 0 Å². The minimum Gasteiger partial charge on any atom is -0.481 e. The molecule has 20 heavy (non-hydrogen) atoms. The Morgan fingerprint density at radius 1 is 1.40 bits per heavy atom. The van der Waals surface area contributed by atoms with Crippen molar-refractivity contribution in [3.63, 3.8) is 0 Å². The van der Waals surface area contributed by atoms with Gasteiger partial charge < -0.3 is 25.7 Å². The first kappa shape index (κ1) is 16.9. The zero-order valence-corrected chi connectivity index (χ0v) is 12.0. The maximum atomic E-state index is 12.3. The Morgan fingerprint density at radius 2 is 2.00 bits per heavy atom. The van der Waals surface area contributed by atoms with Gasteiger partial charge in [0.2, 0.25) is 5.91 Å². The minimum atomic E-state index is -0.957. The molecule has 116 valence electrons. The van der Waals surface area contributed by atoms with E-state index in [4.69, 9.17) is 15.9 Å². The number of carboxylic acid groups (broad SMARTS) is 1. The molecule has 4 N–H and O–H groups in total. The molecule has 1 fully saturated rings. The molecule has 7 nitrogen and oxygen atoms in total. The van der Waals surface area contributed by atoms with E-state index in [9.17, 15) is 9.59 Å². The van der Waals surface area contributed by atoms with Crippen molar-refractivity contribution in [1.29, 1.82) is 0 Å². The largest absolute Gasteiger partial charge is 0.481 e. The van der Waals surface area contributed by atoms with Crippen LogP contribution in [0.25, 0.3) is 0 Å². The maximum absolute atomic E-state index is 12.3. The second kappa shape index (κ2) is 8.18. The Labute approximate surface area is 119 Å². The molecule has 1 heterocycles. The van der Waals surface area contributed by atoms with Crippen molar-refractivity contribution in [2.45, 2.75) is 37.8 Å². The molecule has 0 aromatic rings. The predicted octanol–water partition coefficient (Wildman–Crippen LogP) is -0.906. The summed E-state index contributed by atoms with van der Waals surface area (Å²) in [5, 5.41) is 17.8. The summed E-state index contributed by atoms with van der Waals surface area (Å²) in [5.41, 5.74) is 5.78. The summed E-state index contributed by atoms with van der Waals surface area (Å²) >= 11 is 0. The van der Waals surface area contributed by atoms with Crippen LogP contribution in [-0.2, 0) is 9.59 Å². The molecule has 1 aliphatic heterocycles. The second-order valence-corrected chi connectivity index (χ2v) is 5.33. The fraction of sp³-hybridized carbons (Fsp3) is 0.846. The lowest BCUT2D eigenvalue weighted by Crippen LogP contribution is -2.52. The van der Waals surface area contributed by atoms with Gasteiger partial charge in [0.15, 0.2) is 0 Å². The van der Waals surface area contributed by atoms with Crippen LogP contribution in [0.5, 0.6) is 0 Å². The van der Waals surface area contributed by atoms with Crippen molar-refractivity contribution in [3.8, 4) is 0 Å². The number of aliphatic hydroxyl groups is 1. The highest BCUT2D eigenvalue weighted by molar-refractivity contribution is 5.82. The van der Waals surface area contributed by atoms with Gasteiger partial charge in [-0.3, -0.25) is 9.59 Å². The van der Waals surface area contributed by atoms with Crippen LogP contribution in [0.2, 0.25) is 0 Å². The Morgan fingerprint density at radius 3 is 2.50 bits per heavy atom. The number of nitrogens with two attached hydrogens (primary N) is 1. The van der Waals surface area contributed by atoms with Gasteiger partial charge in [-0.1, -0.05) is 0 Å². The molecule has 1 amide bonds. The van der Waals surface area contributed by atoms with E-state index >= 15 is 0 Å². The average Bonchev–Trinajstić information content (AvgIpc) is 2.42. The lowest BCUT2D eigenvalue weighted by atomic mass is 10.0. The van der Waals surface area contributed by atoms with Crippen molar-refractivity contribution < 1.29 is 19.8 Å². The number of carbonyl (C=O) groups is 2. The molecule has 0 aliphatic carbocycles. The van der Waals surface area contributed by atoms with Gasteiger partial charge in [0, 0.05) is 19.0 Å². The van der Waals surface area contributed by atoms with Crippen LogP contribution in [0.4, 0.5) is 0 Å². The molecule has 1 aliphatic rings. The molecule has 0 spiro atoms. The third-order valence-corrected chi connectivity index (χ3v) is 3.74. The van der Waals surface area contributed by atoms with Crippen LogP contribution in [-0.4, -0.2) is 77.3 Å². The number of hydrogen-bond acceptors (Lipinski definition) is 5. The highest BCUT2D eigenvalue weighted by Crippen LogP contribution is 2.17. The minimum absolute atomic E-state index is 0.0849. The molecule has 0 saturated carbocycles. The van der Waals surface area contributed by atoms with Gasteiger partial charge in [-0.15, -0.1) is 0 Å². The molecule has 1 atom stereocenters. The highest BCUT2D eigenvalue weighted by atomic mass is 16.4. The lowest BCUT2D eigenvalue weighted by molar-refractivity contribution is -0.138. The van der Waals surface area contributed by atoms with Crippen LogP contribution >= 0.6 is 0 Å². The summed E-state index contributed by atoms with van der Waals surface area (Å²) in [6.45, 7) is 1.96. The monoisotopic (exact) mass is 287 g/mol. The smallest absolute Gasteiger partial charge is 0.303 e. The van der Waals surface area contributed by atoms with E-state index in [1.54, 1.807) is 4.90 Å². The fourth-order valence-electron chi connectivity index (χ4n) is 2.50. The quantitative estimate of drug-likeness (QED) is 0.560. The first-order valence-electron chi connectivity index (χ1n) is 7.03. The molecule has 0 radical (unpaired) electrons. The van der Waals surface area contributed by atoms with Crippen molar-refractivity contribution in [1.82, 2.24) is 9.80 Å². The molecule has 1 saturated heterocycles. The van der Waals surface area contributed by atoms with Crippen LogP contribution < -0.4 is 5.73 Å². The third-order valence-electron chi connectivity index (χ3n) is 3.74. The summed E-state index contributed by atoms with van der Waals surface area (Å²) in [6.07, 6.45) is 1.72. The van der Waals surface area contributed by atoms with Gasteiger partial charge in [-0.05, 0) is 39.4 Å². The van der Waals surface area contributed by atoms with Gasteiger partial charge in [-0.2, -0.15) is 0 Å². The Bertz CT molecular complexity index is 330. The van der Waals surface area contributed by atoms with Gasteiger partial charge in [0.1, 0.15) is 0 Å². The summed E-state index contributed by atoms with van der Waals surface area (Å²) in [5.74, 6) is -1.21. The molecule has 1 rings (SSSR count). The number of amides is 1. The number of likely N-dealkylation sites (tertiary alicyclic amines) is 1. The van der Waals surface area contributed by atoms with Crippen molar-refractivity contribution in [3.05, 3.63) is 0 Å². The van der Waals surface area contributed by atoms with Crippen LogP contribution in [0.15, 0.2) is 0 Å². The van der Waals surface area contributed by atoms with Crippen molar-refractivity contribution >= 4 is 11.9 Å². The summed E-state index contributed by atoms with van der Waals surface area (Å²) in [6, 6.07) is -0.723. The van der Waals surface area contributed by atoms with Gasteiger partial charge >= 0.3 is 5.97 Å². The third kappa shape index (κ3) is 5.07. The van der Waals surface area contributed by atoms with E-state index in [1.165, 1.54) is 0 Å². The van der Waals surface area contributed by atoms with Gasteiger partial charge in [-0.25, -0.2) is 0 Å². The Hall–Kier alpha value is -1.18. The number of aliphatic hydroxyl groups excluding tert-OH is 1. The standard InChI is InChI=1S/C13H25N3O4/c1-15-6-4-10(5-7-15)16(8-9-17)13(20)11(14)2-3-12(18)19/h10-11,17H,2-9,14H2,1H3,(H,18,19). The number of nitrogens with zero attached hydrogens (tertiary/aromatic N) is 2. The maximum Gasteiger partial charge on any atom is 0.303 e. The number of piperidine rings is 1. The topological polar surface area (TPSA) is 107 Å². The Balaban J connectivity index is 2.59. The van der Waals surface area contributed by atoms with Gasteiger partial charge in [0.05, 0.1) is 12.6 Å². The molecule has 0 aromatic carbocycles. The number of hydrogen-bond donors (Lipinski definition) is 3. The summed E-state index contributed by atoms with van der Waals surface area (Å²) in [7, 11) is 2.03. The number of rotatable bonds is 7. The van der Waals surface area contributed by atoms with Crippen LogP contribution in [0.1, 0.15) is 25.7 Å². The van der Waals surface area contributed by atoms with E-state index in [-0.39, 0.29) is 37.9 Å². The molecular formula is C13H25N3O4. The first-order chi connectivity index (χ1) is 9.45. The first-order valence-corrected chi connectivity index (χ1v) is 7.03. The zero-order chi connectivity index (χ0) is 15.1. The Kier molecular flexibility index (Phi) is 6.90. The van der Waals surface area contributed by atoms with Crippen molar-refractivity contribution in [2.75, 3.05) is 33.3 Å². The number of carboxylic acids is 1. The number of carbonyl (C=O) groups excluding carboxylic acids is 1. The van der Waals surface area contributed by atoms with E-state index in [0.717, 1.165) is 25.9 Å². The van der Waals surface area contributed by atoms with E-state index in [2.05, 4.69) is 4.90 Å². The fourth-order valence-corrected chi connectivity index (χ4v) is 2.50. The molecular weight excluding hydrogens is 262 g/mol. The predicted molar refractivity (Wildman–Crippen MR) is 74.2 cm³/mol. The van der Waals surface area contributed by atoms with Crippen LogP contribution in [0.3, 0.4) is 0 Å². The molecule has 7 heteroatoms. The molecule has 0 aromatic heterocycles. The second-order valence-electron chi connectivity index (χ2n) is 5.33. The van der Waals surface area contributed by atoms with E-state index < -0.39 is 12.0 Å². The van der Waals surface area contributed by atoms with Gasteiger partial charge in [0.25, 0.3) is 0 Å². The number of aliphatic carboxylic acids is 1. The SMILES string of the molecule is CN1CCC(N(CCO)C(=O)C(N)CCC(=O)O)CC1. The normalized spacial score (nSPS) is 18.8. The van der Waals surface area contributed by atoms with Crippen molar-refractivity contribution in [2.24, 2.45) is 5.73 Å². The molecule has 0 bridgehead atoms. The van der Waals surface area contributed by atoms with E-state index in [1.807, 2.05) is 7.05 Å². The van der Waals surface area contributed by atoms with E-state index in [0.29, 0.717) is 0 Å². The molecule has 1 unspecified atom stereocenters. The lowest BCUT2D eigenvalue weighted by Gasteiger charge is -2.38. The highest BCUT2D eigenvalue weighted by Gasteiger charge is 2.29. The average molecular weight is 287 g/mol.